The van der Waals surface area contributed by atoms with Crippen molar-refractivity contribution in [1.29, 1.82) is 0 Å². The molecule has 2 unspecified atom stereocenters. The molecule has 2 fully saturated rings. The van der Waals surface area contributed by atoms with Gasteiger partial charge in [-0.15, -0.1) is 0 Å². The van der Waals surface area contributed by atoms with Crippen LogP contribution in [0.2, 0.25) is 0 Å². The molecule has 1 N–H and O–H groups in total. The van der Waals surface area contributed by atoms with E-state index >= 15 is 0 Å². The molecule has 2 rings (SSSR count). The first-order chi connectivity index (χ1) is 8.33. The molecule has 2 aliphatic rings. The summed E-state index contributed by atoms with van der Waals surface area (Å²) in [6.45, 7) is 9.79. The van der Waals surface area contributed by atoms with E-state index in [1.165, 1.54) is 25.7 Å². The van der Waals surface area contributed by atoms with E-state index in [0.717, 1.165) is 38.7 Å². The zero-order valence-corrected chi connectivity index (χ0v) is 11.5. The second-order valence-electron chi connectivity index (χ2n) is 5.50. The summed E-state index contributed by atoms with van der Waals surface area (Å²) in [7, 11) is 0. The van der Waals surface area contributed by atoms with Crippen molar-refractivity contribution in [3.05, 3.63) is 0 Å². The van der Waals surface area contributed by atoms with Gasteiger partial charge in [0.05, 0.1) is 12.7 Å². The van der Waals surface area contributed by atoms with Crippen LogP contribution in [0.3, 0.4) is 0 Å². The van der Waals surface area contributed by atoms with Crippen LogP contribution in [0.4, 0.5) is 0 Å². The average molecular weight is 240 g/mol. The van der Waals surface area contributed by atoms with Crippen molar-refractivity contribution in [2.24, 2.45) is 5.92 Å². The molecule has 17 heavy (non-hydrogen) atoms. The third-order valence-electron chi connectivity index (χ3n) is 4.35. The van der Waals surface area contributed by atoms with Crippen LogP contribution in [0.15, 0.2) is 0 Å². The van der Waals surface area contributed by atoms with Gasteiger partial charge in [-0.3, -0.25) is 4.90 Å². The van der Waals surface area contributed by atoms with Crippen LogP contribution in [-0.2, 0) is 4.74 Å². The molecule has 1 saturated carbocycles. The number of hydrogen-bond donors (Lipinski definition) is 1. The van der Waals surface area contributed by atoms with Crippen molar-refractivity contribution in [1.82, 2.24) is 10.2 Å². The molecule has 0 bridgehead atoms. The van der Waals surface area contributed by atoms with Gasteiger partial charge in [0.1, 0.15) is 0 Å². The third kappa shape index (κ3) is 3.67. The van der Waals surface area contributed by atoms with Crippen LogP contribution in [0, 0.1) is 5.92 Å². The van der Waals surface area contributed by atoms with Crippen LogP contribution >= 0.6 is 0 Å². The van der Waals surface area contributed by atoms with Gasteiger partial charge in [0.2, 0.25) is 0 Å². The van der Waals surface area contributed by atoms with Gasteiger partial charge in [-0.2, -0.15) is 0 Å². The van der Waals surface area contributed by atoms with E-state index in [-0.39, 0.29) is 0 Å². The Kier molecular flexibility index (Phi) is 5.26. The predicted octanol–water partition coefficient (Wildman–Crippen LogP) is 1.88. The molecule has 0 amide bonds. The molecule has 0 radical (unpaired) electrons. The van der Waals surface area contributed by atoms with E-state index in [1.807, 2.05) is 0 Å². The van der Waals surface area contributed by atoms with E-state index in [2.05, 4.69) is 24.1 Å². The van der Waals surface area contributed by atoms with Gasteiger partial charge >= 0.3 is 0 Å². The van der Waals surface area contributed by atoms with E-state index in [9.17, 15) is 0 Å². The highest BCUT2D eigenvalue weighted by molar-refractivity contribution is 4.86. The van der Waals surface area contributed by atoms with Crippen LogP contribution in [-0.4, -0.2) is 49.8 Å². The lowest BCUT2D eigenvalue weighted by Gasteiger charge is -2.39. The number of ether oxygens (including phenoxy) is 1. The maximum atomic E-state index is 5.99. The van der Waals surface area contributed by atoms with Crippen molar-refractivity contribution < 1.29 is 4.74 Å². The fraction of sp³-hybridized carbons (Fsp3) is 1.00. The van der Waals surface area contributed by atoms with Crippen molar-refractivity contribution in [2.75, 3.05) is 32.8 Å². The first kappa shape index (κ1) is 13.3. The van der Waals surface area contributed by atoms with Gasteiger partial charge in [0.15, 0.2) is 0 Å². The lowest BCUT2D eigenvalue weighted by molar-refractivity contribution is -0.0500. The van der Waals surface area contributed by atoms with Gasteiger partial charge in [-0.05, 0) is 25.4 Å². The van der Waals surface area contributed by atoms with Crippen molar-refractivity contribution in [2.45, 2.75) is 51.7 Å². The number of likely N-dealkylation sites (N-methyl/N-ethyl adjacent to an activating group) is 2. The first-order valence-corrected chi connectivity index (χ1v) is 7.40. The molecule has 1 aliphatic heterocycles. The maximum absolute atomic E-state index is 5.99. The van der Waals surface area contributed by atoms with E-state index in [4.69, 9.17) is 4.74 Å². The lowest BCUT2D eigenvalue weighted by atomic mass is 9.79. The van der Waals surface area contributed by atoms with Crippen molar-refractivity contribution >= 4 is 0 Å². The van der Waals surface area contributed by atoms with E-state index in [1.54, 1.807) is 0 Å². The zero-order valence-electron chi connectivity index (χ0n) is 11.5. The fourth-order valence-corrected chi connectivity index (χ4v) is 2.98. The van der Waals surface area contributed by atoms with Gasteiger partial charge in [0, 0.05) is 19.1 Å². The summed E-state index contributed by atoms with van der Waals surface area (Å²) in [5.74, 6) is 0.958. The molecular weight excluding hydrogens is 212 g/mol. The summed E-state index contributed by atoms with van der Waals surface area (Å²) >= 11 is 0. The summed E-state index contributed by atoms with van der Waals surface area (Å²) in [4.78, 5) is 2.51. The molecule has 0 aromatic carbocycles. The lowest BCUT2D eigenvalue weighted by Crippen LogP contribution is -2.53. The average Bonchev–Trinajstić information content (AvgIpc) is 2.32. The second kappa shape index (κ2) is 6.72. The summed E-state index contributed by atoms with van der Waals surface area (Å²) in [5, 5.41) is 3.64. The molecule has 1 heterocycles. The number of nitrogens with one attached hydrogen (secondary N) is 1. The second-order valence-corrected chi connectivity index (χ2v) is 5.50. The van der Waals surface area contributed by atoms with Crippen molar-refractivity contribution in [3.63, 3.8) is 0 Å². The van der Waals surface area contributed by atoms with Gasteiger partial charge in [-0.25, -0.2) is 0 Å². The van der Waals surface area contributed by atoms with Crippen molar-refractivity contribution in [3.8, 4) is 0 Å². The maximum Gasteiger partial charge on any atom is 0.0855 e. The zero-order chi connectivity index (χ0) is 12.1. The standard InChI is InChI=1S/C14H28N2O/c1-3-15-13(10-12-6-5-7-12)14-11-16(4-2)8-9-17-14/h12-15H,3-11H2,1-2H3. The van der Waals surface area contributed by atoms with Gasteiger partial charge in [0.25, 0.3) is 0 Å². The molecule has 0 spiro atoms. The smallest absolute Gasteiger partial charge is 0.0855 e. The normalized spacial score (nSPS) is 28.9. The van der Waals surface area contributed by atoms with Crippen LogP contribution in [0.1, 0.15) is 39.5 Å². The molecule has 0 aromatic rings. The Hall–Kier alpha value is -0.120. The molecule has 0 aromatic heterocycles. The molecule has 3 heteroatoms. The quantitative estimate of drug-likeness (QED) is 0.767. The molecular formula is C14H28N2O. The Morgan fingerprint density at radius 1 is 1.35 bits per heavy atom. The first-order valence-electron chi connectivity index (χ1n) is 7.40. The largest absolute Gasteiger partial charge is 0.374 e. The minimum absolute atomic E-state index is 0.407. The minimum Gasteiger partial charge on any atom is -0.374 e. The van der Waals surface area contributed by atoms with Gasteiger partial charge < -0.3 is 10.1 Å². The van der Waals surface area contributed by atoms with Crippen LogP contribution < -0.4 is 5.32 Å². The number of morpholine rings is 1. The Morgan fingerprint density at radius 2 is 2.18 bits per heavy atom. The van der Waals surface area contributed by atoms with E-state index < -0.39 is 0 Å². The number of nitrogens with zero attached hydrogens (tertiary/aromatic N) is 1. The summed E-state index contributed by atoms with van der Waals surface area (Å²) in [6.07, 6.45) is 6.04. The highest BCUT2D eigenvalue weighted by Gasteiger charge is 2.30. The molecule has 3 nitrogen and oxygen atoms in total. The Balaban J connectivity index is 1.84. The van der Waals surface area contributed by atoms with E-state index in [0.29, 0.717) is 12.1 Å². The summed E-state index contributed by atoms with van der Waals surface area (Å²) in [5.41, 5.74) is 0. The highest BCUT2D eigenvalue weighted by atomic mass is 16.5. The highest BCUT2D eigenvalue weighted by Crippen LogP contribution is 2.31. The predicted molar refractivity (Wildman–Crippen MR) is 71.3 cm³/mol. The van der Waals surface area contributed by atoms with Gasteiger partial charge in [-0.1, -0.05) is 33.1 Å². The summed E-state index contributed by atoms with van der Waals surface area (Å²) in [6, 6.07) is 0.569. The molecule has 2 atom stereocenters. The Bertz CT molecular complexity index is 218. The number of rotatable bonds is 6. The Morgan fingerprint density at radius 3 is 2.76 bits per heavy atom. The Labute approximate surface area is 106 Å². The summed E-state index contributed by atoms with van der Waals surface area (Å²) < 4.78 is 5.99. The van der Waals surface area contributed by atoms with Crippen LogP contribution in [0.5, 0.6) is 0 Å². The molecule has 1 aliphatic carbocycles. The fourth-order valence-electron chi connectivity index (χ4n) is 2.98. The molecule has 1 saturated heterocycles. The SMILES string of the molecule is CCNC(CC1CCC1)C1CN(CC)CCO1. The molecule has 100 valence electrons. The minimum atomic E-state index is 0.407. The monoisotopic (exact) mass is 240 g/mol. The number of hydrogen-bond acceptors (Lipinski definition) is 3. The van der Waals surface area contributed by atoms with Crippen LogP contribution in [0.25, 0.3) is 0 Å². The topological polar surface area (TPSA) is 24.5 Å². The third-order valence-corrected chi connectivity index (χ3v) is 4.35.